The monoisotopic (exact) mass is 411 g/mol. The molecule has 0 spiro atoms. The fourth-order valence-electron chi connectivity index (χ4n) is 3.56. The van der Waals surface area contributed by atoms with Crippen LogP contribution < -0.4 is 5.73 Å². The molecule has 1 aliphatic rings. The van der Waals surface area contributed by atoms with E-state index in [4.69, 9.17) is 10.2 Å². The summed E-state index contributed by atoms with van der Waals surface area (Å²) in [6.07, 6.45) is 3.01. The van der Waals surface area contributed by atoms with E-state index < -0.39 is 29.0 Å². The standard InChI is InChI=1S/C22H19F2N3O3/c23-15-8-5-9-16(24)17(15)21-26-18(20(25)28)19(30-21)13-6-4-7-14(12-13)22(29)27-10-2-1-3-11-27/h4-9,12H,1-3,10-11H2,(H2,25,28). The Morgan fingerprint density at radius 3 is 2.33 bits per heavy atom. The number of carbonyl (C=O) groups is 2. The van der Waals surface area contributed by atoms with Gasteiger partial charge in [-0.05, 0) is 43.5 Å². The first-order chi connectivity index (χ1) is 14.5. The normalized spacial score (nSPS) is 14.0. The molecule has 8 heteroatoms. The number of primary amides is 1. The van der Waals surface area contributed by atoms with Crippen LogP contribution in [0.1, 0.15) is 40.1 Å². The van der Waals surface area contributed by atoms with Crippen molar-refractivity contribution in [1.29, 1.82) is 0 Å². The number of aromatic nitrogens is 1. The van der Waals surface area contributed by atoms with E-state index in [1.807, 2.05) is 0 Å². The van der Waals surface area contributed by atoms with Crippen molar-refractivity contribution in [2.75, 3.05) is 13.1 Å². The molecule has 0 atom stereocenters. The van der Waals surface area contributed by atoms with Gasteiger partial charge in [0.25, 0.3) is 11.8 Å². The van der Waals surface area contributed by atoms with E-state index in [1.54, 1.807) is 29.2 Å². The third-order valence-corrected chi connectivity index (χ3v) is 5.05. The second-order valence-electron chi connectivity index (χ2n) is 7.09. The number of nitrogens with zero attached hydrogens (tertiary/aromatic N) is 2. The topological polar surface area (TPSA) is 89.4 Å². The molecular formula is C22H19F2N3O3. The van der Waals surface area contributed by atoms with E-state index in [0.29, 0.717) is 24.2 Å². The van der Waals surface area contributed by atoms with Crippen LogP contribution in [0.2, 0.25) is 0 Å². The van der Waals surface area contributed by atoms with Crippen LogP contribution in [0.3, 0.4) is 0 Å². The minimum absolute atomic E-state index is 0.0477. The quantitative estimate of drug-likeness (QED) is 0.702. The molecule has 2 N–H and O–H groups in total. The molecule has 0 unspecified atom stereocenters. The minimum atomic E-state index is -0.912. The molecule has 1 fully saturated rings. The number of nitrogens with two attached hydrogens (primary N) is 1. The third-order valence-electron chi connectivity index (χ3n) is 5.05. The molecule has 4 rings (SSSR count). The van der Waals surface area contributed by atoms with E-state index in [9.17, 15) is 18.4 Å². The number of hydrogen-bond acceptors (Lipinski definition) is 4. The molecule has 154 valence electrons. The molecule has 30 heavy (non-hydrogen) atoms. The molecule has 0 aliphatic carbocycles. The highest BCUT2D eigenvalue weighted by molar-refractivity contribution is 5.99. The highest BCUT2D eigenvalue weighted by atomic mass is 19.1. The molecule has 0 bridgehead atoms. The average molecular weight is 411 g/mol. The van der Waals surface area contributed by atoms with Crippen LogP contribution in [-0.4, -0.2) is 34.8 Å². The average Bonchev–Trinajstić information content (AvgIpc) is 3.19. The third kappa shape index (κ3) is 3.68. The lowest BCUT2D eigenvalue weighted by Gasteiger charge is -2.26. The van der Waals surface area contributed by atoms with Crippen molar-refractivity contribution in [3.63, 3.8) is 0 Å². The Hall–Kier alpha value is -3.55. The number of halogens is 2. The SMILES string of the molecule is NC(=O)c1nc(-c2c(F)cccc2F)oc1-c1cccc(C(=O)N2CCCCC2)c1. The number of likely N-dealkylation sites (tertiary alicyclic amines) is 1. The Bertz CT molecular complexity index is 1100. The zero-order valence-corrected chi connectivity index (χ0v) is 16.0. The van der Waals surface area contributed by atoms with Crippen LogP contribution in [0.15, 0.2) is 46.9 Å². The fourth-order valence-corrected chi connectivity index (χ4v) is 3.56. The van der Waals surface area contributed by atoms with Gasteiger partial charge in [0, 0.05) is 24.2 Å². The molecule has 0 saturated carbocycles. The number of oxazole rings is 1. The Balaban J connectivity index is 1.76. The van der Waals surface area contributed by atoms with Gasteiger partial charge in [-0.2, -0.15) is 0 Å². The van der Waals surface area contributed by atoms with E-state index in [-0.39, 0.29) is 17.4 Å². The molecular weight excluding hydrogens is 392 g/mol. The maximum Gasteiger partial charge on any atom is 0.271 e. The fraction of sp³-hybridized carbons (Fsp3) is 0.227. The lowest BCUT2D eigenvalue weighted by atomic mass is 10.0. The second-order valence-corrected chi connectivity index (χ2v) is 7.09. The highest BCUT2D eigenvalue weighted by Crippen LogP contribution is 2.33. The molecule has 3 aromatic rings. The van der Waals surface area contributed by atoms with Crippen molar-refractivity contribution >= 4 is 11.8 Å². The number of hydrogen-bond donors (Lipinski definition) is 1. The van der Waals surface area contributed by atoms with Crippen molar-refractivity contribution in [2.45, 2.75) is 19.3 Å². The van der Waals surface area contributed by atoms with E-state index in [2.05, 4.69) is 4.98 Å². The van der Waals surface area contributed by atoms with Crippen molar-refractivity contribution in [2.24, 2.45) is 5.73 Å². The van der Waals surface area contributed by atoms with Gasteiger partial charge in [0.15, 0.2) is 11.5 Å². The maximum absolute atomic E-state index is 14.2. The molecule has 1 saturated heterocycles. The van der Waals surface area contributed by atoms with E-state index in [0.717, 1.165) is 31.4 Å². The van der Waals surface area contributed by atoms with Gasteiger partial charge in [-0.15, -0.1) is 0 Å². The Morgan fingerprint density at radius 1 is 1.00 bits per heavy atom. The zero-order chi connectivity index (χ0) is 21.3. The second kappa shape index (κ2) is 8.06. The molecule has 1 aromatic heterocycles. The summed E-state index contributed by atoms with van der Waals surface area (Å²) < 4.78 is 33.9. The van der Waals surface area contributed by atoms with Crippen LogP contribution in [0.5, 0.6) is 0 Å². The largest absolute Gasteiger partial charge is 0.435 e. The summed E-state index contributed by atoms with van der Waals surface area (Å²) >= 11 is 0. The molecule has 0 radical (unpaired) electrons. The summed E-state index contributed by atoms with van der Waals surface area (Å²) in [7, 11) is 0. The lowest BCUT2D eigenvalue weighted by molar-refractivity contribution is 0.0724. The Kier molecular flexibility index (Phi) is 5.31. The van der Waals surface area contributed by atoms with Gasteiger partial charge >= 0.3 is 0 Å². The molecule has 2 aromatic carbocycles. The number of carbonyl (C=O) groups excluding carboxylic acids is 2. The van der Waals surface area contributed by atoms with Gasteiger partial charge in [-0.25, -0.2) is 13.8 Å². The lowest BCUT2D eigenvalue weighted by Crippen LogP contribution is -2.35. The zero-order valence-electron chi connectivity index (χ0n) is 16.0. The van der Waals surface area contributed by atoms with Crippen molar-refractivity contribution in [1.82, 2.24) is 9.88 Å². The highest BCUT2D eigenvalue weighted by Gasteiger charge is 2.25. The van der Waals surface area contributed by atoms with Crippen LogP contribution in [-0.2, 0) is 0 Å². The summed E-state index contributed by atoms with van der Waals surface area (Å²) in [6.45, 7) is 1.38. The number of rotatable bonds is 4. The van der Waals surface area contributed by atoms with Gasteiger partial charge < -0.3 is 15.1 Å². The summed E-state index contributed by atoms with van der Waals surface area (Å²) in [5.41, 5.74) is 5.43. The number of piperidine rings is 1. The van der Waals surface area contributed by atoms with Crippen molar-refractivity contribution in [3.8, 4) is 22.8 Å². The first kappa shape index (κ1) is 19.8. The van der Waals surface area contributed by atoms with Gasteiger partial charge in [-0.3, -0.25) is 9.59 Å². The smallest absolute Gasteiger partial charge is 0.271 e. The number of benzene rings is 2. The summed E-state index contributed by atoms with van der Waals surface area (Å²) in [5, 5.41) is 0. The molecule has 1 aliphatic heterocycles. The Morgan fingerprint density at radius 2 is 1.67 bits per heavy atom. The minimum Gasteiger partial charge on any atom is -0.435 e. The van der Waals surface area contributed by atoms with Gasteiger partial charge in [0.1, 0.15) is 17.2 Å². The van der Waals surface area contributed by atoms with Crippen LogP contribution >= 0.6 is 0 Å². The van der Waals surface area contributed by atoms with Crippen molar-refractivity contribution < 1.29 is 22.8 Å². The van der Waals surface area contributed by atoms with Crippen molar-refractivity contribution in [3.05, 3.63) is 65.4 Å². The number of amides is 2. The van der Waals surface area contributed by atoms with Gasteiger partial charge in [0.2, 0.25) is 5.89 Å². The van der Waals surface area contributed by atoms with Crippen LogP contribution in [0.4, 0.5) is 8.78 Å². The first-order valence-electron chi connectivity index (χ1n) is 9.60. The first-order valence-corrected chi connectivity index (χ1v) is 9.60. The molecule has 6 nitrogen and oxygen atoms in total. The molecule has 2 heterocycles. The summed E-state index contributed by atoms with van der Waals surface area (Å²) in [5.74, 6) is -3.25. The van der Waals surface area contributed by atoms with Crippen LogP contribution in [0.25, 0.3) is 22.8 Å². The summed E-state index contributed by atoms with van der Waals surface area (Å²) in [4.78, 5) is 30.4. The van der Waals surface area contributed by atoms with Gasteiger partial charge in [-0.1, -0.05) is 18.2 Å². The predicted molar refractivity (Wildman–Crippen MR) is 106 cm³/mol. The summed E-state index contributed by atoms with van der Waals surface area (Å²) in [6, 6.07) is 9.81. The molecule has 2 amide bonds. The Labute approximate surface area is 171 Å². The predicted octanol–water partition coefficient (Wildman–Crippen LogP) is 4.01. The van der Waals surface area contributed by atoms with E-state index >= 15 is 0 Å². The van der Waals surface area contributed by atoms with E-state index in [1.165, 1.54) is 6.07 Å². The maximum atomic E-state index is 14.2. The van der Waals surface area contributed by atoms with Gasteiger partial charge in [0.05, 0.1) is 0 Å². The van der Waals surface area contributed by atoms with Crippen LogP contribution in [0, 0.1) is 11.6 Å².